The van der Waals surface area contributed by atoms with Gasteiger partial charge in [0.15, 0.2) is 17.5 Å². The van der Waals surface area contributed by atoms with E-state index in [1.54, 1.807) is 0 Å². The van der Waals surface area contributed by atoms with Crippen molar-refractivity contribution in [3.05, 3.63) is 181 Å². The van der Waals surface area contributed by atoms with Crippen molar-refractivity contribution in [2.45, 2.75) is 52.4 Å². The van der Waals surface area contributed by atoms with Gasteiger partial charge in [-0.05, 0) is 74.4 Å². The van der Waals surface area contributed by atoms with E-state index in [0.717, 1.165) is 39.1 Å². The quantitative estimate of drug-likeness (QED) is 0.170. The molecule has 0 radical (unpaired) electrons. The molecule has 58 heavy (non-hydrogen) atoms. The first-order chi connectivity index (χ1) is 28.0. The molecule has 0 atom stereocenters. The average Bonchev–Trinajstić information content (AvgIpc) is 3.65. The van der Waals surface area contributed by atoms with Gasteiger partial charge in [-0.1, -0.05) is 181 Å². The van der Waals surface area contributed by atoms with Crippen molar-refractivity contribution in [1.82, 2.24) is 19.5 Å². The summed E-state index contributed by atoms with van der Waals surface area (Å²) in [5.41, 5.74) is 13.4. The highest BCUT2D eigenvalue weighted by Gasteiger charge is 2.57. The second-order valence-corrected chi connectivity index (χ2v) is 17.3. The summed E-state index contributed by atoms with van der Waals surface area (Å²) in [6.07, 6.45) is 0. The van der Waals surface area contributed by atoms with E-state index >= 15 is 0 Å². The maximum Gasteiger partial charge on any atom is 0.164 e. The molecule has 282 valence electrons. The molecule has 0 amide bonds. The van der Waals surface area contributed by atoms with Gasteiger partial charge in [-0.3, -0.25) is 0 Å². The second-order valence-electron chi connectivity index (χ2n) is 17.3. The number of rotatable bonds is 6. The summed E-state index contributed by atoms with van der Waals surface area (Å²) >= 11 is 0. The van der Waals surface area contributed by atoms with Crippen LogP contribution in [0.2, 0.25) is 0 Å². The Labute approximate surface area is 340 Å². The van der Waals surface area contributed by atoms with Gasteiger partial charge in [0.05, 0.1) is 11.0 Å². The van der Waals surface area contributed by atoms with Crippen LogP contribution < -0.4 is 0 Å². The maximum atomic E-state index is 5.41. The van der Waals surface area contributed by atoms with Crippen LogP contribution in [-0.4, -0.2) is 19.5 Å². The summed E-state index contributed by atoms with van der Waals surface area (Å²) in [4.78, 5) is 15.9. The third-order valence-corrected chi connectivity index (χ3v) is 13.8. The standard InChI is InChI=1S/C54H46N4/c1-52(2)45-33-43(42-27-18-26-41-40-25-16-17-28-47(40)58(48(41)42)39-23-14-9-15-24-39)44(34-46(45)53(3,4)54(52,5)6)51-56-49(37-21-12-8-13-22-37)55-50(57-51)38-31-29-36(30-32-38)35-19-10-7-11-20-35/h7-34H,1-6H3. The summed E-state index contributed by atoms with van der Waals surface area (Å²) < 4.78 is 2.43. The van der Waals surface area contributed by atoms with E-state index in [2.05, 4.69) is 192 Å². The Morgan fingerprint density at radius 1 is 0.379 bits per heavy atom. The molecule has 2 aromatic heterocycles. The van der Waals surface area contributed by atoms with Gasteiger partial charge in [0.2, 0.25) is 0 Å². The first kappa shape index (κ1) is 35.7. The third kappa shape index (κ3) is 5.39. The van der Waals surface area contributed by atoms with E-state index in [-0.39, 0.29) is 16.2 Å². The summed E-state index contributed by atoms with van der Waals surface area (Å²) in [5.74, 6) is 1.95. The van der Waals surface area contributed by atoms with Crippen LogP contribution in [0.4, 0.5) is 0 Å². The molecule has 1 aliphatic carbocycles. The van der Waals surface area contributed by atoms with Crippen LogP contribution in [0.3, 0.4) is 0 Å². The van der Waals surface area contributed by atoms with Gasteiger partial charge in [-0.25, -0.2) is 15.0 Å². The lowest BCUT2D eigenvalue weighted by Crippen LogP contribution is -2.42. The average molecular weight is 751 g/mol. The number of nitrogens with zero attached hydrogens (tertiary/aromatic N) is 4. The monoisotopic (exact) mass is 750 g/mol. The first-order valence-electron chi connectivity index (χ1n) is 20.3. The number of aromatic nitrogens is 4. The fraction of sp³-hybridized carbons (Fsp3) is 0.167. The Hall–Kier alpha value is -6.65. The van der Waals surface area contributed by atoms with E-state index in [0.29, 0.717) is 17.5 Å². The molecular formula is C54H46N4. The van der Waals surface area contributed by atoms with Crippen molar-refractivity contribution in [1.29, 1.82) is 0 Å². The van der Waals surface area contributed by atoms with Crippen molar-refractivity contribution in [3.63, 3.8) is 0 Å². The van der Waals surface area contributed by atoms with Gasteiger partial charge in [-0.15, -0.1) is 0 Å². The summed E-state index contributed by atoms with van der Waals surface area (Å²) in [6.45, 7) is 14.5. The summed E-state index contributed by atoms with van der Waals surface area (Å²) in [5, 5.41) is 2.43. The summed E-state index contributed by atoms with van der Waals surface area (Å²) in [6, 6.07) is 60.5. The predicted octanol–water partition coefficient (Wildman–Crippen LogP) is 13.9. The van der Waals surface area contributed by atoms with Crippen LogP contribution in [0.5, 0.6) is 0 Å². The Morgan fingerprint density at radius 2 is 0.845 bits per heavy atom. The van der Waals surface area contributed by atoms with Gasteiger partial charge in [0.1, 0.15) is 0 Å². The lowest BCUT2D eigenvalue weighted by atomic mass is 9.59. The van der Waals surface area contributed by atoms with Crippen molar-refractivity contribution >= 4 is 21.8 Å². The largest absolute Gasteiger partial charge is 0.309 e. The minimum atomic E-state index is -0.130. The zero-order valence-corrected chi connectivity index (χ0v) is 34.0. The smallest absolute Gasteiger partial charge is 0.164 e. The van der Waals surface area contributed by atoms with Crippen LogP contribution in [-0.2, 0) is 10.8 Å². The fourth-order valence-electron chi connectivity index (χ4n) is 9.36. The molecule has 4 nitrogen and oxygen atoms in total. The normalized spacial score (nSPS) is 15.1. The lowest BCUT2D eigenvalue weighted by molar-refractivity contribution is 0.125. The Bertz CT molecular complexity index is 2990. The molecule has 0 spiro atoms. The molecule has 0 aliphatic heterocycles. The zero-order valence-electron chi connectivity index (χ0n) is 34.0. The molecule has 7 aromatic carbocycles. The number of para-hydroxylation sites is 3. The fourth-order valence-corrected chi connectivity index (χ4v) is 9.36. The Balaban J connectivity index is 1.29. The van der Waals surface area contributed by atoms with E-state index in [1.165, 1.54) is 38.5 Å². The second kappa shape index (κ2) is 13.2. The Morgan fingerprint density at radius 3 is 1.48 bits per heavy atom. The van der Waals surface area contributed by atoms with Crippen molar-refractivity contribution in [2.24, 2.45) is 5.41 Å². The molecule has 4 heteroatoms. The first-order valence-corrected chi connectivity index (χ1v) is 20.3. The number of hydrogen-bond donors (Lipinski definition) is 0. The molecular weight excluding hydrogens is 705 g/mol. The van der Waals surface area contributed by atoms with Crippen molar-refractivity contribution in [2.75, 3.05) is 0 Å². The third-order valence-electron chi connectivity index (χ3n) is 13.8. The van der Waals surface area contributed by atoms with Crippen LogP contribution in [0.15, 0.2) is 170 Å². The van der Waals surface area contributed by atoms with E-state index in [1.807, 2.05) is 24.3 Å². The van der Waals surface area contributed by atoms with Crippen LogP contribution in [0.25, 0.3) is 83.9 Å². The molecule has 0 N–H and O–H groups in total. The minimum absolute atomic E-state index is 0.0386. The summed E-state index contributed by atoms with van der Waals surface area (Å²) in [7, 11) is 0. The molecule has 0 bridgehead atoms. The predicted molar refractivity (Wildman–Crippen MR) is 241 cm³/mol. The molecule has 9 aromatic rings. The van der Waals surface area contributed by atoms with Gasteiger partial charge in [0, 0.05) is 38.7 Å². The molecule has 2 heterocycles. The number of hydrogen-bond acceptors (Lipinski definition) is 3. The van der Waals surface area contributed by atoms with E-state index in [4.69, 9.17) is 15.0 Å². The van der Waals surface area contributed by atoms with Crippen molar-refractivity contribution < 1.29 is 0 Å². The molecule has 10 rings (SSSR count). The minimum Gasteiger partial charge on any atom is -0.309 e. The highest BCUT2D eigenvalue weighted by atomic mass is 15.0. The van der Waals surface area contributed by atoms with Gasteiger partial charge >= 0.3 is 0 Å². The number of benzene rings is 7. The lowest BCUT2D eigenvalue weighted by Gasteiger charge is -2.44. The maximum absolute atomic E-state index is 5.41. The Kier molecular flexibility index (Phi) is 8.14. The highest BCUT2D eigenvalue weighted by molar-refractivity contribution is 6.14. The van der Waals surface area contributed by atoms with E-state index < -0.39 is 0 Å². The molecule has 0 fully saturated rings. The van der Waals surface area contributed by atoms with Crippen molar-refractivity contribution in [3.8, 4) is 62.1 Å². The molecule has 0 unspecified atom stereocenters. The van der Waals surface area contributed by atoms with Crippen LogP contribution in [0.1, 0.15) is 52.7 Å². The molecule has 0 saturated carbocycles. The van der Waals surface area contributed by atoms with Crippen LogP contribution in [0, 0.1) is 5.41 Å². The molecule has 0 saturated heterocycles. The van der Waals surface area contributed by atoms with Gasteiger partial charge < -0.3 is 4.57 Å². The van der Waals surface area contributed by atoms with E-state index in [9.17, 15) is 0 Å². The van der Waals surface area contributed by atoms with Gasteiger partial charge in [-0.2, -0.15) is 0 Å². The number of fused-ring (bicyclic) bond motifs is 4. The SMILES string of the molecule is CC1(C)c2cc(-c3nc(-c4ccccc4)nc(-c4ccc(-c5ccccc5)cc4)n3)c(-c3cccc4c5ccccc5n(-c5ccccc5)c34)cc2C(C)(C)C1(C)C. The topological polar surface area (TPSA) is 43.6 Å². The molecule has 1 aliphatic rings. The zero-order chi connectivity index (χ0) is 39.8. The van der Waals surface area contributed by atoms with Gasteiger partial charge in [0.25, 0.3) is 0 Å². The highest BCUT2D eigenvalue weighted by Crippen LogP contribution is 2.63. The van der Waals surface area contributed by atoms with Crippen LogP contribution >= 0.6 is 0 Å².